The number of amides is 1. The fourth-order valence-electron chi connectivity index (χ4n) is 3.64. The predicted octanol–water partition coefficient (Wildman–Crippen LogP) is 2.88. The van der Waals surface area contributed by atoms with Crippen molar-refractivity contribution in [3.8, 4) is 0 Å². The molecule has 1 amide bonds. The molecule has 2 aliphatic heterocycles. The van der Waals surface area contributed by atoms with Crippen LogP contribution in [-0.4, -0.2) is 56.1 Å². The second kappa shape index (κ2) is 8.03. The molecule has 0 radical (unpaired) electrons. The highest BCUT2D eigenvalue weighted by atomic mass is 32.2. The van der Waals surface area contributed by atoms with Crippen molar-refractivity contribution in [2.24, 2.45) is 10.3 Å². The van der Waals surface area contributed by atoms with E-state index in [0.717, 1.165) is 6.42 Å². The highest BCUT2D eigenvalue weighted by molar-refractivity contribution is 8.00. The maximum absolute atomic E-state index is 13.2. The second-order valence-electron chi connectivity index (χ2n) is 7.67. The van der Waals surface area contributed by atoms with Gasteiger partial charge in [0.05, 0.1) is 0 Å². The van der Waals surface area contributed by atoms with Crippen LogP contribution in [-0.2, 0) is 14.8 Å². The topological polar surface area (TPSA) is 70.1 Å². The molecule has 1 aromatic carbocycles. The normalized spacial score (nSPS) is 19.8. The van der Waals surface area contributed by atoms with Gasteiger partial charge in [0.15, 0.2) is 0 Å². The lowest BCUT2D eigenvalue weighted by Crippen LogP contribution is -2.37. The van der Waals surface area contributed by atoms with Gasteiger partial charge >= 0.3 is 0 Å². The van der Waals surface area contributed by atoms with E-state index in [9.17, 15) is 17.6 Å². The Morgan fingerprint density at radius 3 is 2.46 bits per heavy atom. The smallest absolute Gasteiger partial charge is 0.285 e. The fourth-order valence-corrected chi connectivity index (χ4v) is 5.13. The Morgan fingerprint density at radius 1 is 1.14 bits per heavy atom. The Labute approximate surface area is 165 Å². The standard InChI is InChI=1S/C20H26FN3O3S/c1-14(2)13-18(25)23-9-4-10-24(12-11-23)20-15(3)19(28(26,27)22-20)16-5-7-17(21)8-6-16/h5-8,14H,4,9-13H2,1-3H3. The molecule has 0 unspecified atom stereocenters. The molecule has 1 aromatic rings. The van der Waals surface area contributed by atoms with Gasteiger partial charge in [-0.1, -0.05) is 26.0 Å². The number of hydrogen-bond acceptors (Lipinski definition) is 4. The molecular formula is C20H26FN3O3S. The molecule has 0 saturated carbocycles. The summed E-state index contributed by atoms with van der Waals surface area (Å²) in [5.74, 6) is 0.450. The maximum Gasteiger partial charge on any atom is 0.285 e. The quantitative estimate of drug-likeness (QED) is 0.773. The van der Waals surface area contributed by atoms with Crippen LogP contribution in [0.3, 0.4) is 0 Å². The highest BCUT2D eigenvalue weighted by Gasteiger charge is 2.34. The van der Waals surface area contributed by atoms with E-state index >= 15 is 0 Å². The van der Waals surface area contributed by atoms with Gasteiger partial charge in [0, 0.05) is 38.2 Å². The summed E-state index contributed by atoms with van der Waals surface area (Å²) in [6.07, 6.45) is 1.27. The second-order valence-corrected chi connectivity index (χ2v) is 9.21. The van der Waals surface area contributed by atoms with Crippen molar-refractivity contribution in [3.63, 3.8) is 0 Å². The van der Waals surface area contributed by atoms with Gasteiger partial charge in [-0.25, -0.2) is 4.39 Å². The molecule has 0 spiro atoms. The van der Waals surface area contributed by atoms with Crippen molar-refractivity contribution in [3.05, 3.63) is 41.2 Å². The monoisotopic (exact) mass is 407 g/mol. The number of amidine groups is 1. The molecule has 0 aliphatic carbocycles. The molecule has 1 saturated heterocycles. The Kier molecular flexibility index (Phi) is 5.88. The Morgan fingerprint density at radius 2 is 1.82 bits per heavy atom. The van der Waals surface area contributed by atoms with E-state index in [-0.39, 0.29) is 10.8 Å². The number of hydrogen-bond donors (Lipinski definition) is 0. The third-order valence-electron chi connectivity index (χ3n) is 4.98. The van der Waals surface area contributed by atoms with E-state index in [1.165, 1.54) is 24.3 Å². The van der Waals surface area contributed by atoms with Crippen molar-refractivity contribution in [1.29, 1.82) is 0 Å². The lowest BCUT2D eigenvalue weighted by molar-refractivity contribution is -0.131. The lowest BCUT2D eigenvalue weighted by atomic mass is 10.1. The van der Waals surface area contributed by atoms with E-state index < -0.39 is 15.8 Å². The van der Waals surface area contributed by atoms with Crippen LogP contribution in [0.1, 0.15) is 39.2 Å². The zero-order valence-corrected chi connectivity index (χ0v) is 17.3. The number of nitrogens with zero attached hydrogens (tertiary/aromatic N) is 3. The minimum absolute atomic E-state index is 0.125. The van der Waals surface area contributed by atoms with Crippen molar-refractivity contribution < 1.29 is 17.6 Å². The molecule has 1 fully saturated rings. The molecule has 152 valence electrons. The first-order valence-corrected chi connectivity index (χ1v) is 11.0. The van der Waals surface area contributed by atoms with E-state index in [2.05, 4.69) is 4.40 Å². The molecular weight excluding hydrogens is 381 g/mol. The number of carbonyl (C=O) groups is 1. The van der Waals surface area contributed by atoms with Gasteiger partial charge in [0.1, 0.15) is 16.6 Å². The zero-order chi connectivity index (χ0) is 20.5. The molecule has 0 atom stereocenters. The third kappa shape index (κ3) is 4.27. The van der Waals surface area contributed by atoms with Gasteiger partial charge in [-0.2, -0.15) is 8.42 Å². The lowest BCUT2D eigenvalue weighted by Gasteiger charge is -2.24. The number of carbonyl (C=O) groups excluding carboxylic acids is 1. The molecule has 6 nitrogen and oxygen atoms in total. The van der Waals surface area contributed by atoms with Crippen molar-refractivity contribution >= 4 is 26.7 Å². The van der Waals surface area contributed by atoms with Gasteiger partial charge in [0.25, 0.3) is 10.0 Å². The first-order valence-electron chi connectivity index (χ1n) is 9.54. The number of sulfonamides is 1. The zero-order valence-electron chi connectivity index (χ0n) is 16.5. The summed E-state index contributed by atoms with van der Waals surface area (Å²) in [7, 11) is -3.84. The molecule has 0 aromatic heterocycles. The van der Waals surface area contributed by atoms with Crippen LogP contribution in [0.15, 0.2) is 34.2 Å². The third-order valence-corrected chi connectivity index (χ3v) is 6.45. The Bertz CT molecular complexity index is 921. The van der Waals surface area contributed by atoms with Crippen LogP contribution in [0.25, 0.3) is 4.91 Å². The average molecular weight is 408 g/mol. The Hall–Kier alpha value is -2.22. The minimum atomic E-state index is -3.84. The highest BCUT2D eigenvalue weighted by Crippen LogP contribution is 2.33. The van der Waals surface area contributed by atoms with Gasteiger partial charge in [-0.15, -0.1) is 4.40 Å². The number of halogens is 1. The van der Waals surface area contributed by atoms with E-state index in [4.69, 9.17) is 0 Å². The van der Waals surface area contributed by atoms with E-state index in [1.54, 1.807) is 6.92 Å². The summed E-state index contributed by atoms with van der Waals surface area (Å²) in [6, 6.07) is 5.40. The van der Waals surface area contributed by atoms with Crippen LogP contribution < -0.4 is 0 Å². The first-order chi connectivity index (χ1) is 13.2. The summed E-state index contributed by atoms with van der Waals surface area (Å²) >= 11 is 0. The average Bonchev–Trinajstić information content (AvgIpc) is 2.78. The van der Waals surface area contributed by atoms with Crippen molar-refractivity contribution in [2.75, 3.05) is 26.2 Å². The predicted molar refractivity (Wildman–Crippen MR) is 108 cm³/mol. The fraction of sp³-hybridized carbons (Fsp3) is 0.500. The van der Waals surface area contributed by atoms with Gasteiger partial charge < -0.3 is 9.80 Å². The number of rotatable bonds is 3. The van der Waals surface area contributed by atoms with Crippen LogP contribution >= 0.6 is 0 Å². The summed E-state index contributed by atoms with van der Waals surface area (Å²) in [6.45, 7) is 8.14. The number of benzene rings is 1. The van der Waals surface area contributed by atoms with Crippen LogP contribution in [0.4, 0.5) is 4.39 Å². The Balaban J connectivity index is 1.82. The van der Waals surface area contributed by atoms with E-state index in [0.29, 0.717) is 55.5 Å². The molecule has 2 heterocycles. The molecule has 0 N–H and O–H groups in total. The van der Waals surface area contributed by atoms with Crippen molar-refractivity contribution in [1.82, 2.24) is 9.80 Å². The summed E-state index contributed by atoms with van der Waals surface area (Å²) in [5, 5.41) is 0. The molecule has 0 bridgehead atoms. The first kappa shape index (κ1) is 20.5. The summed E-state index contributed by atoms with van der Waals surface area (Å²) in [5.41, 5.74) is 0.995. The van der Waals surface area contributed by atoms with Gasteiger partial charge in [-0.3, -0.25) is 4.79 Å². The largest absolute Gasteiger partial charge is 0.354 e. The van der Waals surface area contributed by atoms with E-state index in [1.807, 2.05) is 23.6 Å². The SMILES string of the molecule is CC1=C(c2ccc(F)cc2)S(=O)(=O)N=C1N1CCCN(C(=O)CC(C)C)CC1. The van der Waals surface area contributed by atoms with Crippen LogP contribution in [0, 0.1) is 11.7 Å². The molecule has 8 heteroatoms. The summed E-state index contributed by atoms with van der Waals surface area (Å²) in [4.78, 5) is 16.3. The molecule has 3 rings (SSSR count). The van der Waals surface area contributed by atoms with Crippen LogP contribution in [0.2, 0.25) is 0 Å². The van der Waals surface area contributed by atoms with Crippen LogP contribution in [0.5, 0.6) is 0 Å². The molecule has 2 aliphatic rings. The minimum Gasteiger partial charge on any atom is -0.354 e. The summed E-state index contributed by atoms with van der Waals surface area (Å²) < 4.78 is 42.6. The van der Waals surface area contributed by atoms with Gasteiger partial charge in [-0.05, 0) is 37.0 Å². The van der Waals surface area contributed by atoms with Gasteiger partial charge in [0.2, 0.25) is 5.91 Å². The maximum atomic E-state index is 13.2. The molecule has 28 heavy (non-hydrogen) atoms. The van der Waals surface area contributed by atoms with Crippen molar-refractivity contribution in [2.45, 2.75) is 33.6 Å².